The van der Waals surface area contributed by atoms with E-state index in [4.69, 9.17) is 14.2 Å². The summed E-state index contributed by atoms with van der Waals surface area (Å²) in [7, 11) is 4.41. The van der Waals surface area contributed by atoms with Crippen molar-refractivity contribution in [2.45, 2.75) is 13.5 Å². The molecule has 0 fully saturated rings. The van der Waals surface area contributed by atoms with Crippen LogP contribution in [-0.4, -0.2) is 38.8 Å². The van der Waals surface area contributed by atoms with Gasteiger partial charge in [-0.3, -0.25) is 10.1 Å². The maximum atomic E-state index is 12.8. The molecule has 3 rings (SSSR count). The first-order valence-electron chi connectivity index (χ1n) is 9.00. The molecule has 0 atom stereocenters. The SMILES string of the molecule is COc1cc(C(=O)Nc2nc(-c3ccc(OC(F)F)cc3)c(C)s2)cc(OC)c1OC. The highest BCUT2D eigenvalue weighted by atomic mass is 32.1. The topological polar surface area (TPSA) is 78.9 Å². The predicted molar refractivity (Wildman–Crippen MR) is 113 cm³/mol. The van der Waals surface area contributed by atoms with E-state index in [1.165, 1.54) is 44.8 Å². The van der Waals surface area contributed by atoms with Crippen LogP contribution in [0.1, 0.15) is 15.2 Å². The maximum absolute atomic E-state index is 12.8. The van der Waals surface area contributed by atoms with Gasteiger partial charge in [0.25, 0.3) is 5.91 Å². The van der Waals surface area contributed by atoms with E-state index < -0.39 is 12.5 Å². The van der Waals surface area contributed by atoms with Crippen LogP contribution in [-0.2, 0) is 0 Å². The molecule has 0 aliphatic carbocycles. The van der Waals surface area contributed by atoms with Gasteiger partial charge in [0, 0.05) is 16.0 Å². The summed E-state index contributed by atoms with van der Waals surface area (Å²) in [4.78, 5) is 18.1. The van der Waals surface area contributed by atoms with Gasteiger partial charge in [-0.25, -0.2) is 4.98 Å². The number of aromatic nitrogens is 1. The first-order valence-corrected chi connectivity index (χ1v) is 9.82. The van der Waals surface area contributed by atoms with Crippen LogP contribution in [0.2, 0.25) is 0 Å². The maximum Gasteiger partial charge on any atom is 0.387 e. The van der Waals surface area contributed by atoms with E-state index in [9.17, 15) is 13.6 Å². The molecule has 0 aliphatic heterocycles. The van der Waals surface area contributed by atoms with Crippen molar-refractivity contribution < 1.29 is 32.5 Å². The van der Waals surface area contributed by atoms with E-state index in [-0.39, 0.29) is 5.75 Å². The second-order valence-electron chi connectivity index (χ2n) is 6.19. The summed E-state index contributed by atoms with van der Waals surface area (Å²) in [5.74, 6) is 0.749. The Kier molecular flexibility index (Phi) is 6.91. The number of thiazole rings is 1. The van der Waals surface area contributed by atoms with E-state index in [0.29, 0.717) is 39.2 Å². The lowest BCUT2D eigenvalue weighted by atomic mass is 10.1. The molecule has 10 heteroatoms. The summed E-state index contributed by atoms with van der Waals surface area (Å²) in [5, 5.41) is 3.15. The van der Waals surface area contributed by atoms with Crippen molar-refractivity contribution in [3.63, 3.8) is 0 Å². The number of amides is 1. The van der Waals surface area contributed by atoms with Crippen LogP contribution >= 0.6 is 11.3 Å². The highest BCUT2D eigenvalue weighted by molar-refractivity contribution is 7.16. The summed E-state index contributed by atoms with van der Waals surface area (Å²) in [5.41, 5.74) is 1.65. The highest BCUT2D eigenvalue weighted by Crippen LogP contribution is 2.38. The molecule has 7 nitrogen and oxygen atoms in total. The summed E-state index contributed by atoms with van der Waals surface area (Å²) in [6.07, 6.45) is 0. The largest absolute Gasteiger partial charge is 0.493 e. The van der Waals surface area contributed by atoms with E-state index >= 15 is 0 Å². The molecule has 164 valence electrons. The number of hydrogen-bond donors (Lipinski definition) is 1. The highest BCUT2D eigenvalue weighted by Gasteiger charge is 2.19. The number of nitrogens with one attached hydrogen (secondary N) is 1. The third-order valence-electron chi connectivity index (χ3n) is 4.30. The van der Waals surface area contributed by atoms with E-state index in [2.05, 4.69) is 15.0 Å². The summed E-state index contributed by atoms with van der Waals surface area (Å²) >= 11 is 1.29. The Morgan fingerprint density at radius 2 is 1.65 bits per heavy atom. The molecule has 31 heavy (non-hydrogen) atoms. The predicted octanol–water partition coefficient (Wildman–Crippen LogP) is 5.00. The molecular formula is C21H20F2N2O5S. The molecule has 2 aromatic carbocycles. The number of carbonyl (C=O) groups is 1. The van der Waals surface area contributed by atoms with Crippen LogP contribution in [0.3, 0.4) is 0 Å². The number of carbonyl (C=O) groups excluding carboxylic acids is 1. The lowest BCUT2D eigenvalue weighted by molar-refractivity contribution is -0.0498. The molecule has 0 aliphatic rings. The van der Waals surface area contributed by atoms with Crippen LogP contribution in [0, 0.1) is 6.92 Å². The van der Waals surface area contributed by atoms with Crippen LogP contribution in [0.4, 0.5) is 13.9 Å². The van der Waals surface area contributed by atoms with E-state index in [1.54, 1.807) is 24.3 Å². The van der Waals surface area contributed by atoms with Gasteiger partial charge >= 0.3 is 6.61 Å². The third kappa shape index (κ3) is 5.02. The van der Waals surface area contributed by atoms with Gasteiger partial charge in [0.1, 0.15) is 5.75 Å². The van der Waals surface area contributed by atoms with Crippen molar-refractivity contribution in [2.75, 3.05) is 26.6 Å². The Morgan fingerprint density at radius 1 is 1.03 bits per heavy atom. The normalized spacial score (nSPS) is 10.7. The Morgan fingerprint density at radius 3 is 2.16 bits per heavy atom. The Bertz CT molecular complexity index is 1050. The molecule has 1 aromatic heterocycles. The number of ether oxygens (including phenoxy) is 4. The lowest BCUT2D eigenvalue weighted by Gasteiger charge is -2.13. The number of alkyl halides is 2. The van der Waals surface area contributed by atoms with Crippen molar-refractivity contribution in [3.8, 4) is 34.3 Å². The van der Waals surface area contributed by atoms with Crippen molar-refractivity contribution in [1.29, 1.82) is 0 Å². The van der Waals surface area contributed by atoms with Crippen LogP contribution in [0.5, 0.6) is 23.0 Å². The zero-order chi connectivity index (χ0) is 22.5. The van der Waals surface area contributed by atoms with Crippen LogP contribution < -0.4 is 24.3 Å². The monoisotopic (exact) mass is 450 g/mol. The first-order chi connectivity index (χ1) is 14.9. The first kappa shape index (κ1) is 22.3. The van der Waals surface area contributed by atoms with Gasteiger partial charge < -0.3 is 18.9 Å². The molecule has 0 saturated heterocycles. The zero-order valence-corrected chi connectivity index (χ0v) is 18.0. The lowest BCUT2D eigenvalue weighted by Crippen LogP contribution is -2.12. The van der Waals surface area contributed by atoms with Crippen molar-refractivity contribution >= 4 is 22.4 Å². The Labute approximate surface area is 181 Å². The van der Waals surface area contributed by atoms with Gasteiger partial charge in [0.2, 0.25) is 5.75 Å². The minimum Gasteiger partial charge on any atom is -0.493 e. The Hall–Kier alpha value is -3.40. The van der Waals surface area contributed by atoms with Crippen molar-refractivity contribution in [3.05, 3.63) is 46.8 Å². The number of halogens is 2. The number of hydrogen-bond acceptors (Lipinski definition) is 7. The third-order valence-corrected chi connectivity index (χ3v) is 5.18. The van der Waals surface area contributed by atoms with Crippen molar-refractivity contribution in [1.82, 2.24) is 4.98 Å². The Balaban J connectivity index is 1.82. The zero-order valence-electron chi connectivity index (χ0n) is 17.2. The average molecular weight is 450 g/mol. The number of rotatable bonds is 8. The fourth-order valence-corrected chi connectivity index (χ4v) is 3.72. The van der Waals surface area contributed by atoms with Gasteiger partial charge in [0.05, 0.1) is 27.0 Å². The summed E-state index contributed by atoms with van der Waals surface area (Å²) < 4.78 is 44.8. The minimum atomic E-state index is -2.89. The molecule has 0 unspecified atom stereocenters. The van der Waals surface area contributed by atoms with E-state index in [0.717, 1.165) is 4.88 Å². The molecule has 1 N–H and O–H groups in total. The smallest absolute Gasteiger partial charge is 0.387 e. The number of nitrogens with zero attached hydrogens (tertiary/aromatic N) is 1. The molecule has 0 spiro atoms. The number of benzene rings is 2. The second-order valence-corrected chi connectivity index (χ2v) is 7.40. The fraction of sp³-hybridized carbons (Fsp3) is 0.238. The van der Waals surface area contributed by atoms with Crippen molar-refractivity contribution in [2.24, 2.45) is 0 Å². The standard InChI is InChI=1S/C21H20F2N2O5S/c1-11-17(12-5-7-14(8-6-12)30-20(22)23)24-21(31-11)25-19(26)13-9-15(27-2)18(29-4)16(10-13)28-3/h5-10,20H,1-4H3,(H,24,25,26). The molecule has 0 radical (unpaired) electrons. The average Bonchev–Trinajstić information content (AvgIpc) is 3.12. The number of anilines is 1. The summed E-state index contributed by atoms with van der Waals surface area (Å²) in [6, 6.07) is 9.22. The van der Waals surface area contributed by atoms with Gasteiger partial charge in [-0.1, -0.05) is 0 Å². The van der Waals surface area contributed by atoms with E-state index in [1.807, 2.05) is 6.92 Å². The molecular weight excluding hydrogens is 430 g/mol. The second kappa shape index (κ2) is 9.61. The minimum absolute atomic E-state index is 0.0579. The van der Waals surface area contributed by atoms with Crippen LogP contribution in [0.15, 0.2) is 36.4 Å². The van der Waals surface area contributed by atoms with Gasteiger partial charge in [0.15, 0.2) is 16.6 Å². The summed E-state index contributed by atoms with van der Waals surface area (Å²) in [6.45, 7) is -1.03. The quantitative estimate of drug-likeness (QED) is 0.521. The van der Waals surface area contributed by atoms with Gasteiger partial charge in [-0.15, -0.1) is 11.3 Å². The van der Waals surface area contributed by atoms with Gasteiger partial charge in [-0.05, 0) is 43.3 Å². The molecule has 1 amide bonds. The fourth-order valence-electron chi connectivity index (χ4n) is 2.89. The number of aryl methyl sites for hydroxylation is 1. The van der Waals surface area contributed by atoms with Gasteiger partial charge in [-0.2, -0.15) is 8.78 Å². The molecule has 1 heterocycles. The molecule has 0 saturated carbocycles. The molecule has 0 bridgehead atoms. The molecule has 3 aromatic rings. The number of methoxy groups -OCH3 is 3. The van der Waals surface area contributed by atoms with Crippen LogP contribution in [0.25, 0.3) is 11.3 Å².